The van der Waals surface area contributed by atoms with Crippen molar-refractivity contribution in [3.05, 3.63) is 56.5 Å². The van der Waals surface area contributed by atoms with Crippen molar-refractivity contribution in [2.24, 2.45) is 0 Å². The molecule has 0 amide bonds. The third kappa shape index (κ3) is 3.80. The van der Waals surface area contributed by atoms with E-state index in [9.17, 15) is 0 Å². The molecule has 0 N–H and O–H groups in total. The Labute approximate surface area is 138 Å². The van der Waals surface area contributed by atoms with Gasteiger partial charge in [0.2, 0.25) is 5.39 Å². The van der Waals surface area contributed by atoms with E-state index in [4.69, 9.17) is 28.6 Å². The zero-order chi connectivity index (χ0) is 14.0. The van der Waals surface area contributed by atoms with Crippen LogP contribution in [0.3, 0.4) is 0 Å². The summed E-state index contributed by atoms with van der Waals surface area (Å²) in [7, 11) is 0. The van der Waals surface area contributed by atoms with Crippen molar-refractivity contribution in [1.29, 1.82) is 5.39 Å². The molecule has 0 saturated heterocycles. The minimum absolute atomic E-state index is 0. The summed E-state index contributed by atoms with van der Waals surface area (Å²) < 4.78 is 0. The topological polar surface area (TPSA) is 28.1 Å². The average Bonchev–Trinajstić information content (AvgIpc) is 2.37. The fourth-order valence-electron chi connectivity index (χ4n) is 1.60. The van der Waals surface area contributed by atoms with Crippen molar-refractivity contribution in [2.45, 2.75) is 23.6 Å². The van der Waals surface area contributed by atoms with Crippen molar-refractivity contribution in [3.63, 3.8) is 0 Å². The van der Waals surface area contributed by atoms with Crippen LogP contribution in [0.2, 0.25) is 10.0 Å². The van der Waals surface area contributed by atoms with E-state index in [-0.39, 0.29) is 12.4 Å². The third-order valence-corrected chi connectivity index (χ3v) is 4.75. The maximum atomic E-state index is 8.73. The molecule has 0 heterocycles. The van der Waals surface area contributed by atoms with Crippen LogP contribution in [0, 0.1) is 19.2 Å². The van der Waals surface area contributed by atoms with E-state index >= 15 is 0 Å². The molecule has 2 aromatic rings. The zero-order valence-corrected chi connectivity index (χ0v) is 13.9. The van der Waals surface area contributed by atoms with E-state index in [1.165, 1.54) is 22.9 Å². The summed E-state index contributed by atoms with van der Waals surface area (Å²) in [6.07, 6.45) is 0. The predicted octanol–water partition coefficient (Wildman–Crippen LogP) is 3.25. The maximum absolute atomic E-state index is 8.73. The first-order valence-electron chi connectivity index (χ1n) is 5.60. The average molecular weight is 346 g/mol. The first-order chi connectivity index (χ1) is 9.01. The Morgan fingerprint density at radius 1 is 1.00 bits per heavy atom. The lowest BCUT2D eigenvalue weighted by atomic mass is 10.1. The lowest BCUT2D eigenvalue weighted by Crippen LogP contribution is -3.00. The number of nitrogens with zero attached hydrogens (tertiary/aromatic N) is 2. The molecule has 0 aliphatic carbocycles. The van der Waals surface area contributed by atoms with Crippen LogP contribution in [0.25, 0.3) is 4.98 Å². The van der Waals surface area contributed by atoms with Crippen LogP contribution >= 0.6 is 35.0 Å². The van der Waals surface area contributed by atoms with Crippen LogP contribution in [0.4, 0.5) is 5.69 Å². The molecule has 6 heteroatoms. The van der Waals surface area contributed by atoms with Crippen LogP contribution in [-0.4, -0.2) is 0 Å². The SMILES string of the molecule is Cc1ccc(Sc2c(Cl)cc([N+]#N)cc2Cl)cc1C.[Cl-]. The number of hydrogen-bond acceptors (Lipinski definition) is 2. The van der Waals surface area contributed by atoms with E-state index in [0.29, 0.717) is 15.7 Å². The normalized spacial score (nSPS) is 9.75. The molecule has 2 aromatic carbocycles. The molecule has 0 radical (unpaired) electrons. The molecule has 0 bridgehead atoms. The first kappa shape index (κ1) is 17.1. The Balaban J connectivity index is 0.00000200. The molecule has 2 nitrogen and oxygen atoms in total. The monoisotopic (exact) mass is 344 g/mol. The Morgan fingerprint density at radius 3 is 2.10 bits per heavy atom. The second-order valence-corrected chi connectivity index (χ2v) is 6.08. The maximum Gasteiger partial charge on any atom is 0.388 e. The highest BCUT2D eigenvalue weighted by molar-refractivity contribution is 7.99. The Bertz CT molecular complexity index is 658. The number of hydrogen-bond donors (Lipinski definition) is 0. The standard InChI is InChI=1S/C14H11Cl2N2S.ClH/c1-8-3-4-11(5-9(8)2)19-14-12(15)6-10(18-17)7-13(14)16;/h3-7H,1-2H3;1H/q+1;/p-1. The number of rotatable bonds is 2. The highest BCUT2D eigenvalue weighted by atomic mass is 35.5. The molecular formula is C14H11Cl3N2S. The van der Waals surface area contributed by atoms with E-state index < -0.39 is 0 Å². The Kier molecular flexibility index (Phi) is 6.16. The molecule has 0 spiro atoms. The summed E-state index contributed by atoms with van der Waals surface area (Å²) >= 11 is 13.8. The van der Waals surface area contributed by atoms with Gasteiger partial charge in [-0.15, -0.1) is 0 Å². The summed E-state index contributed by atoms with van der Waals surface area (Å²) in [6.45, 7) is 4.14. The number of benzene rings is 2. The highest BCUT2D eigenvalue weighted by Crippen LogP contribution is 2.41. The van der Waals surface area contributed by atoms with Gasteiger partial charge in [-0.3, -0.25) is 0 Å². The Hall–Kier alpha value is -0.920. The van der Waals surface area contributed by atoms with E-state index in [1.54, 1.807) is 12.1 Å². The highest BCUT2D eigenvalue weighted by Gasteiger charge is 2.15. The van der Waals surface area contributed by atoms with Gasteiger partial charge in [-0.2, -0.15) is 0 Å². The molecule has 104 valence electrons. The van der Waals surface area contributed by atoms with Gasteiger partial charge in [0.05, 0.1) is 27.1 Å². The van der Waals surface area contributed by atoms with Gasteiger partial charge < -0.3 is 12.4 Å². The minimum atomic E-state index is 0. The second kappa shape index (κ2) is 7.19. The van der Waals surface area contributed by atoms with Crippen LogP contribution in [0.5, 0.6) is 0 Å². The van der Waals surface area contributed by atoms with E-state index in [1.807, 2.05) is 6.07 Å². The first-order valence-corrected chi connectivity index (χ1v) is 7.17. The van der Waals surface area contributed by atoms with Crippen LogP contribution in [-0.2, 0) is 0 Å². The van der Waals surface area contributed by atoms with E-state index in [0.717, 1.165) is 9.79 Å². The molecule has 0 atom stereocenters. The molecule has 20 heavy (non-hydrogen) atoms. The summed E-state index contributed by atoms with van der Waals surface area (Å²) in [6, 6.07) is 9.35. The summed E-state index contributed by atoms with van der Waals surface area (Å²) in [5, 5.41) is 9.69. The van der Waals surface area contributed by atoms with Crippen molar-refractivity contribution >= 4 is 40.7 Å². The summed E-state index contributed by atoms with van der Waals surface area (Å²) in [4.78, 5) is 4.92. The lowest BCUT2D eigenvalue weighted by molar-refractivity contribution is -0.00000395. The van der Waals surface area contributed by atoms with Gasteiger partial charge in [0.25, 0.3) is 0 Å². The molecule has 0 aliphatic heterocycles. The molecule has 0 fully saturated rings. The van der Waals surface area contributed by atoms with Crippen molar-refractivity contribution < 1.29 is 12.4 Å². The third-order valence-electron chi connectivity index (χ3n) is 2.80. The number of diazo groups is 1. The van der Waals surface area contributed by atoms with Gasteiger partial charge >= 0.3 is 5.69 Å². The smallest absolute Gasteiger partial charge is 0.388 e. The molecule has 0 aromatic heterocycles. The lowest BCUT2D eigenvalue weighted by Gasteiger charge is -2.07. The van der Waals surface area contributed by atoms with Crippen molar-refractivity contribution in [1.82, 2.24) is 0 Å². The Morgan fingerprint density at radius 2 is 1.60 bits per heavy atom. The van der Waals surface area contributed by atoms with Crippen molar-refractivity contribution in [2.75, 3.05) is 0 Å². The van der Waals surface area contributed by atoms with Gasteiger partial charge in [0.15, 0.2) is 4.98 Å². The summed E-state index contributed by atoms with van der Waals surface area (Å²) in [5.74, 6) is 0. The predicted molar refractivity (Wildman–Crippen MR) is 81.2 cm³/mol. The van der Waals surface area contributed by atoms with E-state index in [2.05, 4.69) is 31.0 Å². The van der Waals surface area contributed by atoms with Crippen LogP contribution in [0.15, 0.2) is 40.1 Å². The summed E-state index contributed by atoms with van der Waals surface area (Å²) in [5.41, 5.74) is 2.81. The van der Waals surface area contributed by atoms with Gasteiger partial charge in [-0.1, -0.05) is 41.0 Å². The molecular weight excluding hydrogens is 335 g/mol. The molecule has 0 unspecified atom stereocenters. The van der Waals surface area contributed by atoms with Gasteiger partial charge in [-0.05, 0) is 37.1 Å². The van der Waals surface area contributed by atoms with Gasteiger partial charge in [-0.25, -0.2) is 0 Å². The fourth-order valence-corrected chi connectivity index (χ4v) is 3.22. The fraction of sp³-hybridized carbons (Fsp3) is 0.143. The minimum Gasteiger partial charge on any atom is -1.00 e. The van der Waals surface area contributed by atoms with Crippen LogP contribution in [0.1, 0.15) is 11.1 Å². The van der Waals surface area contributed by atoms with Crippen molar-refractivity contribution in [3.8, 4) is 0 Å². The van der Waals surface area contributed by atoms with Crippen LogP contribution < -0.4 is 12.4 Å². The quantitative estimate of drug-likeness (QED) is 0.782. The van der Waals surface area contributed by atoms with Gasteiger partial charge in [0.1, 0.15) is 0 Å². The van der Waals surface area contributed by atoms with Gasteiger partial charge in [0, 0.05) is 4.90 Å². The molecule has 0 saturated carbocycles. The largest absolute Gasteiger partial charge is 1.00 e. The second-order valence-electron chi connectivity index (χ2n) is 4.19. The zero-order valence-electron chi connectivity index (χ0n) is 10.8. The molecule has 2 rings (SSSR count). The molecule has 0 aliphatic rings. The number of aryl methyl sites for hydroxylation is 2. The number of halogens is 3.